The first-order chi connectivity index (χ1) is 9.04. The van der Waals surface area contributed by atoms with Crippen LogP contribution in [0.3, 0.4) is 0 Å². The summed E-state index contributed by atoms with van der Waals surface area (Å²) >= 11 is 9.15. The molecule has 0 N–H and O–H groups in total. The van der Waals surface area contributed by atoms with Gasteiger partial charge in [-0.25, -0.2) is 4.39 Å². The van der Waals surface area contributed by atoms with E-state index in [1.165, 1.54) is 25.3 Å². The molecule has 0 spiro atoms. The Bertz CT molecular complexity index is 623. The van der Waals surface area contributed by atoms with Crippen LogP contribution >= 0.6 is 27.5 Å². The third kappa shape index (κ3) is 2.80. The van der Waals surface area contributed by atoms with E-state index in [1.807, 2.05) is 0 Å². The average Bonchev–Trinajstić information content (AvgIpc) is 2.38. The monoisotopic (exact) mass is 342 g/mol. The summed E-state index contributed by atoms with van der Waals surface area (Å²) in [5, 5.41) is 0.0905. The number of carbonyl (C=O) groups is 1. The molecule has 0 aliphatic heterocycles. The molecule has 2 nitrogen and oxygen atoms in total. The van der Waals surface area contributed by atoms with Crippen LogP contribution < -0.4 is 4.74 Å². The lowest BCUT2D eigenvalue weighted by Gasteiger charge is -2.08. The second kappa shape index (κ2) is 5.72. The number of ether oxygens (including phenoxy) is 1. The van der Waals surface area contributed by atoms with Crippen molar-refractivity contribution >= 4 is 33.3 Å². The predicted molar refractivity (Wildman–Crippen MR) is 75.5 cm³/mol. The molecule has 2 aromatic rings. The molecule has 0 bridgehead atoms. The lowest BCUT2D eigenvalue weighted by molar-refractivity contribution is 0.103. The Labute approximate surface area is 123 Å². The van der Waals surface area contributed by atoms with E-state index in [1.54, 1.807) is 18.2 Å². The molecule has 19 heavy (non-hydrogen) atoms. The summed E-state index contributed by atoms with van der Waals surface area (Å²) in [6.45, 7) is 0. The minimum Gasteiger partial charge on any atom is -0.497 e. The Morgan fingerprint density at radius 1 is 1.32 bits per heavy atom. The molecule has 0 radical (unpaired) electrons. The van der Waals surface area contributed by atoms with Gasteiger partial charge in [-0.1, -0.05) is 17.7 Å². The van der Waals surface area contributed by atoms with Gasteiger partial charge >= 0.3 is 0 Å². The number of benzene rings is 2. The summed E-state index contributed by atoms with van der Waals surface area (Å²) in [4.78, 5) is 12.3. The maximum absolute atomic E-state index is 13.7. The summed E-state index contributed by atoms with van der Waals surface area (Å²) in [6.07, 6.45) is 0. The van der Waals surface area contributed by atoms with Crippen LogP contribution in [0.2, 0.25) is 5.02 Å². The molecule has 0 saturated heterocycles. The average molecular weight is 344 g/mol. The molecule has 0 aromatic heterocycles. The molecular weight excluding hydrogens is 335 g/mol. The molecule has 0 unspecified atom stereocenters. The molecule has 0 atom stereocenters. The fourth-order valence-corrected chi connectivity index (χ4v) is 2.44. The highest BCUT2D eigenvalue weighted by Crippen LogP contribution is 2.28. The minimum atomic E-state index is -0.639. The third-order valence-electron chi connectivity index (χ3n) is 2.61. The van der Waals surface area contributed by atoms with Crippen molar-refractivity contribution in [3.8, 4) is 5.75 Å². The second-order valence-electron chi connectivity index (χ2n) is 3.77. The third-order valence-corrected chi connectivity index (χ3v) is 3.58. The Kier molecular flexibility index (Phi) is 4.22. The highest BCUT2D eigenvalue weighted by molar-refractivity contribution is 9.10. The quantitative estimate of drug-likeness (QED) is 0.768. The first kappa shape index (κ1) is 14.0. The summed E-state index contributed by atoms with van der Waals surface area (Å²) in [5.74, 6) is -0.513. The van der Waals surface area contributed by atoms with E-state index in [-0.39, 0.29) is 10.6 Å². The standard InChI is InChI=1S/C14H9BrClFO2/c1-19-8-5-6-9(10(15)7-8)14(18)13-11(16)3-2-4-12(13)17/h2-7H,1H3. The molecule has 0 fully saturated rings. The van der Waals surface area contributed by atoms with Gasteiger partial charge in [-0.15, -0.1) is 0 Å². The molecule has 0 aliphatic rings. The molecule has 98 valence electrons. The molecule has 0 heterocycles. The van der Waals surface area contributed by atoms with E-state index in [2.05, 4.69) is 15.9 Å². The van der Waals surface area contributed by atoms with Gasteiger partial charge in [-0.05, 0) is 46.3 Å². The van der Waals surface area contributed by atoms with Crippen LogP contribution in [-0.4, -0.2) is 12.9 Å². The molecule has 5 heteroatoms. The van der Waals surface area contributed by atoms with Gasteiger partial charge < -0.3 is 4.74 Å². The smallest absolute Gasteiger partial charge is 0.198 e. The summed E-state index contributed by atoms with van der Waals surface area (Å²) in [5.41, 5.74) is 0.197. The lowest BCUT2D eigenvalue weighted by atomic mass is 10.0. The van der Waals surface area contributed by atoms with Crippen LogP contribution in [0.4, 0.5) is 4.39 Å². The second-order valence-corrected chi connectivity index (χ2v) is 5.03. The molecular formula is C14H9BrClFO2. The first-order valence-corrected chi connectivity index (χ1v) is 6.54. The molecule has 2 aromatic carbocycles. The largest absolute Gasteiger partial charge is 0.497 e. The molecule has 0 aliphatic carbocycles. The van der Waals surface area contributed by atoms with Crippen molar-refractivity contribution in [3.63, 3.8) is 0 Å². The van der Waals surface area contributed by atoms with Crippen LogP contribution in [0.25, 0.3) is 0 Å². The fourth-order valence-electron chi connectivity index (χ4n) is 1.66. The van der Waals surface area contributed by atoms with Crippen LogP contribution in [0.1, 0.15) is 15.9 Å². The van der Waals surface area contributed by atoms with Gasteiger partial charge in [-0.2, -0.15) is 0 Å². The van der Waals surface area contributed by atoms with E-state index < -0.39 is 11.6 Å². The summed E-state index contributed by atoms with van der Waals surface area (Å²) < 4.78 is 19.3. The van der Waals surface area contributed by atoms with Crippen LogP contribution in [0.5, 0.6) is 5.75 Å². The Balaban J connectivity index is 2.51. The maximum Gasteiger partial charge on any atom is 0.198 e. The SMILES string of the molecule is COc1ccc(C(=O)c2c(F)cccc2Cl)c(Br)c1. The topological polar surface area (TPSA) is 26.3 Å². The normalized spacial score (nSPS) is 10.3. The van der Waals surface area contributed by atoms with Crippen molar-refractivity contribution in [2.45, 2.75) is 0 Å². The Hall–Kier alpha value is -1.39. The van der Waals surface area contributed by atoms with Gasteiger partial charge in [0.05, 0.1) is 17.7 Å². The minimum absolute atomic E-state index is 0.0905. The van der Waals surface area contributed by atoms with Crippen molar-refractivity contribution in [2.75, 3.05) is 7.11 Å². The maximum atomic E-state index is 13.7. The Morgan fingerprint density at radius 2 is 2.05 bits per heavy atom. The van der Waals surface area contributed by atoms with Crippen LogP contribution in [0.15, 0.2) is 40.9 Å². The van der Waals surface area contributed by atoms with E-state index in [0.717, 1.165) is 0 Å². The van der Waals surface area contributed by atoms with Gasteiger partial charge in [0.15, 0.2) is 5.78 Å². The fraction of sp³-hybridized carbons (Fsp3) is 0.0714. The number of hydrogen-bond acceptors (Lipinski definition) is 2. The Morgan fingerprint density at radius 3 is 2.63 bits per heavy atom. The number of hydrogen-bond donors (Lipinski definition) is 0. The zero-order valence-electron chi connectivity index (χ0n) is 9.91. The van der Waals surface area contributed by atoms with Gasteiger partial charge in [0.2, 0.25) is 0 Å². The molecule has 0 amide bonds. The highest BCUT2D eigenvalue weighted by atomic mass is 79.9. The van der Waals surface area contributed by atoms with E-state index >= 15 is 0 Å². The van der Waals surface area contributed by atoms with Crippen LogP contribution in [-0.2, 0) is 0 Å². The van der Waals surface area contributed by atoms with E-state index in [0.29, 0.717) is 15.8 Å². The van der Waals surface area contributed by atoms with Gasteiger partial charge in [0.25, 0.3) is 0 Å². The number of methoxy groups -OCH3 is 1. The predicted octanol–water partition coefficient (Wildman–Crippen LogP) is 4.48. The number of carbonyl (C=O) groups excluding carboxylic acids is 1. The number of ketones is 1. The van der Waals surface area contributed by atoms with E-state index in [4.69, 9.17) is 16.3 Å². The zero-order chi connectivity index (χ0) is 14.0. The van der Waals surface area contributed by atoms with Crippen molar-refractivity contribution in [2.24, 2.45) is 0 Å². The van der Waals surface area contributed by atoms with Crippen molar-refractivity contribution in [1.29, 1.82) is 0 Å². The van der Waals surface area contributed by atoms with Crippen molar-refractivity contribution in [1.82, 2.24) is 0 Å². The highest BCUT2D eigenvalue weighted by Gasteiger charge is 2.19. The first-order valence-electron chi connectivity index (χ1n) is 5.37. The van der Waals surface area contributed by atoms with Crippen molar-refractivity contribution in [3.05, 3.63) is 62.8 Å². The van der Waals surface area contributed by atoms with E-state index in [9.17, 15) is 9.18 Å². The summed E-state index contributed by atoms with van der Waals surface area (Å²) in [6, 6.07) is 8.98. The zero-order valence-corrected chi connectivity index (χ0v) is 12.3. The van der Waals surface area contributed by atoms with Gasteiger partial charge in [0.1, 0.15) is 11.6 Å². The van der Waals surface area contributed by atoms with Crippen LogP contribution in [0, 0.1) is 5.82 Å². The lowest BCUT2D eigenvalue weighted by Crippen LogP contribution is -2.06. The molecule has 2 rings (SSSR count). The number of halogens is 3. The molecule has 0 saturated carbocycles. The van der Waals surface area contributed by atoms with Gasteiger partial charge in [-0.3, -0.25) is 4.79 Å². The van der Waals surface area contributed by atoms with Gasteiger partial charge in [0, 0.05) is 10.0 Å². The van der Waals surface area contributed by atoms with Crippen molar-refractivity contribution < 1.29 is 13.9 Å². The summed E-state index contributed by atoms with van der Waals surface area (Å²) in [7, 11) is 1.52. The number of rotatable bonds is 3.